The van der Waals surface area contributed by atoms with Gasteiger partial charge in [0.2, 0.25) is 5.44 Å². The number of rotatable bonds is 4. The highest BCUT2D eigenvalue weighted by Gasteiger charge is 2.33. The van der Waals surface area contributed by atoms with Crippen LogP contribution in [0.15, 0.2) is 72.1 Å². The molecule has 0 aromatic heterocycles. The van der Waals surface area contributed by atoms with E-state index in [0.717, 1.165) is 22.4 Å². The first kappa shape index (κ1) is 21.4. The Morgan fingerprint density at radius 2 is 1.84 bits per heavy atom. The Bertz CT molecular complexity index is 1110. The van der Waals surface area contributed by atoms with Gasteiger partial charge in [-0.1, -0.05) is 54.6 Å². The largest absolute Gasteiger partial charge is 0.758 e. The van der Waals surface area contributed by atoms with Crippen LogP contribution in [0.1, 0.15) is 16.7 Å². The van der Waals surface area contributed by atoms with Crippen LogP contribution in [0.2, 0.25) is 0 Å². The molecule has 2 N–H and O–H groups in total. The summed E-state index contributed by atoms with van der Waals surface area (Å²) >= 11 is 0. The molecule has 7 nitrogen and oxygen atoms in total. The summed E-state index contributed by atoms with van der Waals surface area (Å²) < 4.78 is 31.0. The fraction of sp³-hybridized carbons (Fsp3) is 0.304. The average Bonchev–Trinajstić information content (AvgIpc) is 2.75. The summed E-state index contributed by atoms with van der Waals surface area (Å²) in [5, 5.41) is 21.1. The summed E-state index contributed by atoms with van der Waals surface area (Å²) in [6, 6.07) is 16.7. The standard InChI is InChI=1S/C23H26N3O4S/c1-16-8-6-7-11-18(16)21-13-22(31(2,28)29)30-23-19(14-24-15-25-23)20(26(21)27)12-17-9-4-3-5-10-17/h3-11,13,20,22,24-25H,12,14-15H2,1-2H3/q-1/b21-13-. The van der Waals surface area contributed by atoms with Crippen LogP contribution in [0, 0.1) is 12.1 Å². The monoisotopic (exact) mass is 440 g/mol. The van der Waals surface area contributed by atoms with Crippen molar-refractivity contribution in [2.45, 2.75) is 24.8 Å². The van der Waals surface area contributed by atoms with Crippen molar-refractivity contribution in [3.63, 3.8) is 0 Å². The molecular formula is C23H26N3O4S-. The predicted octanol–water partition coefficient (Wildman–Crippen LogP) is 2.51. The van der Waals surface area contributed by atoms with E-state index in [1.807, 2.05) is 61.5 Å². The first-order chi connectivity index (χ1) is 14.8. The Morgan fingerprint density at radius 3 is 2.55 bits per heavy atom. The lowest BCUT2D eigenvalue weighted by Crippen LogP contribution is -2.47. The summed E-state index contributed by atoms with van der Waals surface area (Å²) in [4.78, 5) is 0. The van der Waals surface area contributed by atoms with Gasteiger partial charge in [0.25, 0.3) is 0 Å². The van der Waals surface area contributed by atoms with Gasteiger partial charge in [-0.3, -0.25) is 5.32 Å². The number of nitrogens with one attached hydrogen (secondary N) is 2. The lowest BCUT2D eigenvalue weighted by atomic mass is 9.95. The van der Waals surface area contributed by atoms with Gasteiger partial charge >= 0.3 is 0 Å². The van der Waals surface area contributed by atoms with Gasteiger partial charge in [0.15, 0.2) is 15.7 Å². The zero-order valence-corrected chi connectivity index (χ0v) is 18.4. The van der Waals surface area contributed by atoms with E-state index < -0.39 is 21.3 Å². The molecule has 2 unspecified atom stereocenters. The van der Waals surface area contributed by atoms with Crippen LogP contribution in [0.4, 0.5) is 0 Å². The second-order valence-corrected chi connectivity index (χ2v) is 9.97. The van der Waals surface area contributed by atoms with E-state index in [1.165, 1.54) is 6.08 Å². The topological polar surface area (TPSA) is 93.7 Å². The van der Waals surface area contributed by atoms with Gasteiger partial charge < -0.3 is 20.3 Å². The third-order valence-corrected chi connectivity index (χ3v) is 6.62. The molecule has 0 saturated carbocycles. The van der Waals surface area contributed by atoms with E-state index in [1.54, 1.807) is 0 Å². The van der Waals surface area contributed by atoms with E-state index in [4.69, 9.17) is 4.74 Å². The normalized spacial score (nSPS) is 23.6. The third-order valence-electron chi connectivity index (χ3n) is 5.55. The summed E-state index contributed by atoms with van der Waals surface area (Å²) in [6.07, 6.45) is 3.00. The summed E-state index contributed by atoms with van der Waals surface area (Å²) in [7, 11) is -3.63. The van der Waals surface area contributed by atoms with Gasteiger partial charge in [-0.15, -0.1) is 0 Å². The Kier molecular flexibility index (Phi) is 6.04. The lowest BCUT2D eigenvalue weighted by molar-refractivity contribution is 0.167. The molecule has 2 atom stereocenters. The van der Waals surface area contributed by atoms with Crippen LogP contribution in [-0.4, -0.2) is 44.4 Å². The maximum atomic E-state index is 13.9. The van der Waals surface area contributed by atoms with Crippen LogP contribution >= 0.6 is 0 Å². The zero-order chi connectivity index (χ0) is 22.0. The summed E-state index contributed by atoms with van der Waals surface area (Å²) in [5.41, 5.74) is 2.31. The fourth-order valence-corrected chi connectivity index (χ4v) is 4.55. The second-order valence-electron chi connectivity index (χ2n) is 7.85. The summed E-state index contributed by atoms with van der Waals surface area (Å²) in [6.45, 7) is 2.76. The van der Waals surface area contributed by atoms with E-state index in [9.17, 15) is 13.6 Å². The highest BCUT2D eigenvalue weighted by Crippen LogP contribution is 2.33. The molecule has 2 aromatic carbocycles. The molecule has 0 bridgehead atoms. The molecular weight excluding hydrogens is 414 g/mol. The maximum absolute atomic E-state index is 13.9. The number of hydroxylamine groups is 2. The molecule has 4 rings (SSSR count). The Morgan fingerprint density at radius 1 is 1.13 bits per heavy atom. The Hall–Kier alpha value is -2.81. The molecule has 2 heterocycles. The molecule has 8 heteroatoms. The maximum Gasteiger partial charge on any atom is 0.220 e. The van der Waals surface area contributed by atoms with E-state index >= 15 is 0 Å². The van der Waals surface area contributed by atoms with Crippen LogP contribution in [0.3, 0.4) is 0 Å². The Balaban J connectivity index is 1.87. The molecule has 2 aliphatic rings. The zero-order valence-electron chi connectivity index (χ0n) is 17.5. The van der Waals surface area contributed by atoms with E-state index in [-0.39, 0.29) is 0 Å². The SMILES string of the molecule is Cc1ccccc1/C1=C/C(S(C)(=O)=O)OC2=C(CNCN2)C(Cc2ccccc2)N1[O-]. The van der Waals surface area contributed by atoms with E-state index in [0.29, 0.717) is 42.4 Å². The molecule has 0 fully saturated rings. The second kappa shape index (κ2) is 8.74. The Labute approximate surface area is 182 Å². The highest BCUT2D eigenvalue weighted by molar-refractivity contribution is 7.91. The molecule has 0 aliphatic carbocycles. The van der Waals surface area contributed by atoms with Gasteiger partial charge in [-0.05, 0) is 36.1 Å². The number of benzene rings is 2. The van der Waals surface area contributed by atoms with Gasteiger partial charge in [-0.25, -0.2) is 8.42 Å². The first-order valence-corrected chi connectivity index (χ1v) is 12.1. The molecule has 2 aliphatic heterocycles. The van der Waals surface area contributed by atoms with Crippen molar-refractivity contribution < 1.29 is 13.2 Å². The quantitative estimate of drug-likeness (QED) is 0.754. The molecule has 0 amide bonds. The molecule has 0 radical (unpaired) electrons. The van der Waals surface area contributed by atoms with E-state index in [2.05, 4.69) is 10.6 Å². The molecule has 31 heavy (non-hydrogen) atoms. The van der Waals surface area contributed by atoms with Crippen molar-refractivity contribution in [2.24, 2.45) is 0 Å². The first-order valence-electron chi connectivity index (χ1n) is 10.2. The average molecular weight is 441 g/mol. The van der Waals surface area contributed by atoms with Crippen LogP contribution in [-0.2, 0) is 21.0 Å². The van der Waals surface area contributed by atoms with Gasteiger partial charge in [0, 0.05) is 30.1 Å². The minimum Gasteiger partial charge on any atom is -0.758 e. The van der Waals surface area contributed by atoms with Crippen molar-refractivity contribution in [2.75, 3.05) is 19.5 Å². The van der Waals surface area contributed by atoms with Crippen molar-refractivity contribution in [3.8, 4) is 0 Å². The molecule has 164 valence electrons. The van der Waals surface area contributed by atoms with Crippen LogP contribution < -0.4 is 10.6 Å². The summed E-state index contributed by atoms with van der Waals surface area (Å²) in [5.74, 6) is 0.357. The van der Waals surface area contributed by atoms with Crippen molar-refractivity contribution in [1.82, 2.24) is 15.7 Å². The molecule has 0 saturated heterocycles. The number of sulfone groups is 1. The van der Waals surface area contributed by atoms with Crippen LogP contribution in [0.5, 0.6) is 0 Å². The number of hydrogen-bond acceptors (Lipinski definition) is 7. The van der Waals surface area contributed by atoms with Gasteiger partial charge in [0.1, 0.15) is 0 Å². The third kappa shape index (κ3) is 4.61. The minimum atomic E-state index is -3.63. The van der Waals surface area contributed by atoms with Gasteiger partial charge in [0.05, 0.1) is 6.67 Å². The predicted molar refractivity (Wildman–Crippen MR) is 121 cm³/mol. The number of hydrogen-bond donors (Lipinski definition) is 2. The fourth-order valence-electron chi connectivity index (χ4n) is 3.91. The van der Waals surface area contributed by atoms with Crippen molar-refractivity contribution in [3.05, 3.63) is 94.0 Å². The number of ether oxygens (including phenoxy) is 1. The van der Waals surface area contributed by atoms with Crippen molar-refractivity contribution in [1.29, 1.82) is 0 Å². The molecule has 2 aromatic rings. The number of aryl methyl sites for hydroxylation is 1. The lowest BCUT2D eigenvalue weighted by Gasteiger charge is -2.46. The number of nitrogens with zero attached hydrogens (tertiary/aromatic N) is 1. The smallest absolute Gasteiger partial charge is 0.220 e. The van der Waals surface area contributed by atoms with Crippen LogP contribution in [0.25, 0.3) is 5.70 Å². The van der Waals surface area contributed by atoms with Crippen molar-refractivity contribution >= 4 is 15.5 Å². The minimum absolute atomic E-state index is 0.298. The highest BCUT2D eigenvalue weighted by atomic mass is 32.2. The van der Waals surface area contributed by atoms with Gasteiger partial charge in [-0.2, -0.15) is 0 Å². The molecule has 0 spiro atoms.